The van der Waals surface area contributed by atoms with Crippen LogP contribution in [-0.2, 0) is 33.8 Å². The van der Waals surface area contributed by atoms with E-state index in [9.17, 15) is 19.6 Å². The van der Waals surface area contributed by atoms with Crippen molar-refractivity contribution >= 4 is 17.8 Å². The predicted molar refractivity (Wildman–Crippen MR) is 151 cm³/mol. The molecule has 2 amide bonds. The van der Waals surface area contributed by atoms with Gasteiger partial charge in [-0.25, -0.2) is 0 Å². The molecule has 4 aromatic rings. The Morgan fingerprint density at radius 2 is 1.32 bits per heavy atom. The second-order valence-corrected chi connectivity index (χ2v) is 9.44. The van der Waals surface area contributed by atoms with E-state index < -0.39 is 17.9 Å². The highest BCUT2D eigenvalue weighted by atomic mass is 16.4. The maximum atomic E-state index is 13.8. The second-order valence-electron chi connectivity index (χ2n) is 9.44. The molecule has 4 aromatic carbocycles. The summed E-state index contributed by atoms with van der Waals surface area (Å²) in [5, 5.41) is 24.2. The summed E-state index contributed by atoms with van der Waals surface area (Å²) in [6, 6.07) is 33.9. The van der Waals surface area contributed by atoms with Gasteiger partial charge < -0.3 is 15.7 Å². The van der Waals surface area contributed by atoms with Gasteiger partial charge in [0.2, 0.25) is 11.8 Å². The van der Waals surface area contributed by atoms with Crippen LogP contribution >= 0.6 is 0 Å². The van der Waals surface area contributed by atoms with Crippen molar-refractivity contribution in [1.29, 1.82) is 5.26 Å². The SMILES string of the molecule is N#Cc1cccc(CC(NC(=O)C(c2ccccc2)c2ccccc2)C(=O)NCc2ccc(CC(=O)O)cc2)c1. The van der Waals surface area contributed by atoms with Gasteiger partial charge in [0, 0.05) is 13.0 Å². The highest BCUT2D eigenvalue weighted by Crippen LogP contribution is 2.25. The van der Waals surface area contributed by atoms with Crippen molar-refractivity contribution in [1.82, 2.24) is 10.6 Å². The Morgan fingerprint density at radius 1 is 0.725 bits per heavy atom. The number of amides is 2. The molecule has 0 aromatic heterocycles. The molecule has 0 heterocycles. The van der Waals surface area contributed by atoms with Gasteiger partial charge in [-0.1, -0.05) is 97.1 Å². The first kappa shape index (κ1) is 27.8. The molecule has 0 aliphatic carbocycles. The number of carboxylic acids is 1. The van der Waals surface area contributed by atoms with Crippen molar-refractivity contribution in [2.24, 2.45) is 0 Å². The molecule has 7 heteroatoms. The number of aliphatic carboxylic acids is 1. The van der Waals surface area contributed by atoms with E-state index in [4.69, 9.17) is 5.11 Å². The van der Waals surface area contributed by atoms with Crippen LogP contribution in [0.4, 0.5) is 0 Å². The number of rotatable bonds is 11. The molecule has 4 rings (SSSR count). The molecule has 0 aliphatic heterocycles. The lowest BCUT2D eigenvalue weighted by Gasteiger charge is -2.23. The molecule has 3 N–H and O–H groups in total. The standard InChI is InChI=1S/C33H29N3O4/c34-21-26-9-7-8-25(18-26)19-29(32(39)35-22-24-16-14-23(15-17-24)20-30(37)38)36-33(40)31(27-10-3-1-4-11-27)28-12-5-2-6-13-28/h1-18,29,31H,19-20,22H2,(H,35,39)(H,36,40)(H,37,38). The van der Waals surface area contributed by atoms with Crippen LogP contribution in [0.15, 0.2) is 109 Å². The van der Waals surface area contributed by atoms with Gasteiger partial charge >= 0.3 is 5.97 Å². The van der Waals surface area contributed by atoms with Gasteiger partial charge in [0.05, 0.1) is 24.0 Å². The summed E-state index contributed by atoms with van der Waals surface area (Å²) in [4.78, 5) is 38.2. The van der Waals surface area contributed by atoms with Crippen LogP contribution in [0.25, 0.3) is 0 Å². The summed E-state index contributed by atoms with van der Waals surface area (Å²) in [5.74, 6) is -2.22. The quantitative estimate of drug-likeness (QED) is 0.266. The Hall–Kier alpha value is -5.22. The monoisotopic (exact) mass is 531 g/mol. The highest BCUT2D eigenvalue weighted by molar-refractivity contribution is 5.92. The summed E-state index contributed by atoms with van der Waals surface area (Å²) >= 11 is 0. The lowest BCUT2D eigenvalue weighted by molar-refractivity contribution is -0.136. The summed E-state index contributed by atoms with van der Waals surface area (Å²) in [5.41, 5.74) is 4.28. The lowest BCUT2D eigenvalue weighted by Crippen LogP contribution is -2.49. The van der Waals surface area contributed by atoms with Gasteiger partial charge in [-0.15, -0.1) is 0 Å². The van der Waals surface area contributed by atoms with Crippen molar-refractivity contribution in [2.75, 3.05) is 0 Å². The van der Waals surface area contributed by atoms with Gasteiger partial charge in [-0.2, -0.15) is 5.26 Å². The zero-order valence-corrected chi connectivity index (χ0v) is 21.8. The van der Waals surface area contributed by atoms with E-state index in [1.807, 2.05) is 66.7 Å². The maximum absolute atomic E-state index is 13.8. The van der Waals surface area contributed by atoms with Gasteiger partial charge in [0.1, 0.15) is 6.04 Å². The fraction of sp³-hybridized carbons (Fsp3) is 0.152. The minimum Gasteiger partial charge on any atom is -0.481 e. The molecule has 0 fully saturated rings. The minimum atomic E-state index is -0.913. The zero-order chi connectivity index (χ0) is 28.3. The molecule has 0 saturated carbocycles. The van der Waals surface area contributed by atoms with Crippen LogP contribution < -0.4 is 10.6 Å². The second kappa shape index (κ2) is 13.5. The number of benzene rings is 4. The summed E-state index contributed by atoms with van der Waals surface area (Å²) < 4.78 is 0. The van der Waals surface area contributed by atoms with E-state index in [1.165, 1.54) is 0 Å². The Bertz CT molecular complexity index is 1460. The molecule has 0 spiro atoms. The molecule has 0 bridgehead atoms. The normalized spacial score (nSPS) is 11.3. The summed E-state index contributed by atoms with van der Waals surface area (Å²) in [6.07, 6.45) is 0.118. The van der Waals surface area contributed by atoms with E-state index in [-0.39, 0.29) is 31.2 Å². The summed E-state index contributed by atoms with van der Waals surface area (Å²) in [6.45, 7) is 0.206. The van der Waals surface area contributed by atoms with Crippen molar-refractivity contribution in [2.45, 2.75) is 31.3 Å². The molecular formula is C33H29N3O4. The average molecular weight is 532 g/mol. The van der Waals surface area contributed by atoms with Gasteiger partial charge in [-0.05, 0) is 39.9 Å². The molecule has 200 valence electrons. The van der Waals surface area contributed by atoms with E-state index in [0.717, 1.165) is 22.3 Å². The molecule has 7 nitrogen and oxygen atoms in total. The van der Waals surface area contributed by atoms with Crippen LogP contribution in [-0.4, -0.2) is 28.9 Å². The molecule has 40 heavy (non-hydrogen) atoms. The zero-order valence-electron chi connectivity index (χ0n) is 21.8. The first-order valence-corrected chi connectivity index (χ1v) is 12.9. The van der Waals surface area contributed by atoms with Crippen LogP contribution in [0.2, 0.25) is 0 Å². The number of carboxylic acid groups (broad SMARTS) is 1. The molecule has 0 aliphatic rings. The number of carbonyl (C=O) groups excluding carboxylic acids is 2. The van der Waals surface area contributed by atoms with E-state index in [2.05, 4.69) is 16.7 Å². The first-order chi connectivity index (χ1) is 19.4. The number of nitrogens with one attached hydrogen (secondary N) is 2. The number of hydrogen-bond donors (Lipinski definition) is 3. The topological polar surface area (TPSA) is 119 Å². The third-order valence-electron chi connectivity index (χ3n) is 6.50. The Morgan fingerprint density at radius 3 is 1.90 bits per heavy atom. The van der Waals surface area contributed by atoms with Crippen molar-refractivity contribution in [3.05, 3.63) is 143 Å². The molecule has 0 radical (unpaired) electrons. The predicted octanol–water partition coefficient (Wildman–Crippen LogP) is 4.36. The van der Waals surface area contributed by atoms with Crippen molar-refractivity contribution < 1.29 is 19.5 Å². The highest BCUT2D eigenvalue weighted by Gasteiger charge is 2.28. The van der Waals surface area contributed by atoms with Crippen molar-refractivity contribution in [3.63, 3.8) is 0 Å². The van der Waals surface area contributed by atoms with Gasteiger partial charge in [-0.3, -0.25) is 14.4 Å². The minimum absolute atomic E-state index is 0.0769. The van der Waals surface area contributed by atoms with Crippen molar-refractivity contribution in [3.8, 4) is 6.07 Å². The van der Waals surface area contributed by atoms with Crippen LogP contribution in [0.5, 0.6) is 0 Å². The third kappa shape index (κ3) is 7.65. The van der Waals surface area contributed by atoms with E-state index in [0.29, 0.717) is 11.1 Å². The largest absolute Gasteiger partial charge is 0.481 e. The van der Waals surface area contributed by atoms with E-state index >= 15 is 0 Å². The summed E-state index contributed by atoms with van der Waals surface area (Å²) in [7, 11) is 0. The fourth-order valence-electron chi connectivity index (χ4n) is 4.52. The lowest BCUT2D eigenvalue weighted by atomic mass is 9.90. The first-order valence-electron chi connectivity index (χ1n) is 12.9. The molecule has 1 atom stereocenters. The molecule has 0 saturated heterocycles. The average Bonchev–Trinajstić information content (AvgIpc) is 2.97. The Balaban J connectivity index is 1.56. The Labute approximate surface area is 233 Å². The fourth-order valence-corrected chi connectivity index (χ4v) is 4.52. The smallest absolute Gasteiger partial charge is 0.307 e. The van der Waals surface area contributed by atoms with Crippen LogP contribution in [0, 0.1) is 11.3 Å². The number of carbonyl (C=O) groups is 3. The number of nitrogens with zero attached hydrogens (tertiary/aromatic N) is 1. The molecular weight excluding hydrogens is 502 g/mol. The van der Waals surface area contributed by atoms with Crippen LogP contribution in [0.1, 0.15) is 39.3 Å². The number of hydrogen-bond acceptors (Lipinski definition) is 4. The van der Waals surface area contributed by atoms with Gasteiger partial charge in [0.15, 0.2) is 0 Å². The Kier molecular flexibility index (Phi) is 9.41. The third-order valence-corrected chi connectivity index (χ3v) is 6.50. The number of nitriles is 1. The molecule has 1 unspecified atom stereocenters. The van der Waals surface area contributed by atoms with Gasteiger partial charge in [0.25, 0.3) is 0 Å². The van der Waals surface area contributed by atoms with E-state index in [1.54, 1.807) is 42.5 Å². The van der Waals surface area contributed by atoms with Crippen LogP contribution in [0.3, 0.4) is 0 Å². The maximum Gasteiger partial charge on any atom is 0.307 e.